The van der Waals surface area contributed by atoms with Crippen molar-refractivity contribution in [1.29, 1.82) is 5.26 Å². The van der Waals surface area contributed by atoms with Gasteiger partial charge in [0.2, 0.25) is 0 Å². The number of hydrogen-bond donors (Lipinski definition) is 1. The molecule has 30 heavy (non-hydrogen) atoms. The van der Waals surface area contributed by atoms with Crippen molar-refractivity contribution in [3.8, 4) is 6.07 Å². The lowest BCUT2D eigenvalue weighted by Crippen LogP contribution is -2.34. The summed E-state index contributed by atoms with van der Waals surface area (Å²) in [7, 11) is 0. The van der Waals surface area contributed by atoms with Gasteiger partial charge in [0, 0.05) is 11.9 Å². The van der Waals surface area contributed by atoms with Crippen LogP contribution in [-0.2, 0) is 4.74 Å². The lowest BCUT2D eigenvalue weighted by molar-refractivity contribution is 0.0526. The molecule has 0 saturated heterocycles. The van der Waals surface area contributed by atoms with E-state index in [1.165, 1.54) is 4.40 Å². The highest BCUT2D eigenvalue weighted by atomic mass is 16.5. The topological polar surface area (TPSA) is 96.5 Å². The monoisotopic (exact) mass is 398 g/mol. The Kier molecular flexibility index (Phi) is 4.90. The maximum atomic E-state index is 13.2. The third-order valence-corrected chi connectivity index (χ3v) is 4.89. The fraction of sp³-hybridized carbons (Fsp3) is 0.130. The molecule has 0 amide bonds. The molecule has 0 aliphatic carbocycles. The quantitative estimate of drug-likeness (QED) is 0.531. The fourth-order valence-corrected chi connectivity index (χ4v) is 3.36. The number of nitrogens with one attached hydrogen (secondary N) is 1. The van der Waals surface area contributed by atoms with Crippen molar-refractivity contribution in [1.82, 2.24) is 9.38 Å². The molecule has 0 aliphatic heterocycles. The fourth-order valence-electron chi connectivity index (χ4n) is 3.36. The molecule has 1 N–H and O–H groups in total. The first-order valence-corrected chi connectivity index (χ1v) is 9.43. The van der Waals surface area contributed by atoms with Crippen LogP contribution >= 0.6 is 0 Å². The van der Waals surface area contributed by atoms with Crippen molar-refractivity contribution in [2.24, 2.45) is 0 Å². The number of benzene rings is 2. The van der Waals surface area contributed by atoms with E-state index in [2.05, 4.69) is 16.4 Å². The number of esters is 1. The summed E-state index contributed by atoms with van der Waals surface area (Å²) in [6.45, 7) is 3.79. The van der Waals surface area contributed by atoms with Gasteiger partial charge in [0.1, 0.15) is 6.07 Å². The predicted molar refractivity (Wildman–Crippen MR) is 114 cm³/mol. The summed E-state index contributed by atoms with van der Waals surface area (Å²) >= 11 is 0. The van der Waals surface area contributed by atoms with Crippen LogP contribution in [-0.4, -0.2) is 22.0 Å². The number of carbonyl (C=O) groups excluding carboxylic acids is 1. The van der Waals surface area contributed by atoms with Crippen LogP contribution < -0.4 is 16.1 Å². The third kappa shape index (κ3) is 3.14. The number of imidazole rings is 1. The number of carbonyl (C=O) groups is 1. The molecule has 4 rings (SSSR count). The molecule has 4 aromatic rings. The van der Waals surface area contributed by atoms with Crippen LogP contribution in [0.25, 0.3) is 22.9 Å². The molecule has 0 atom stereocenters. The molecule has 0 aliphatic rings. The number of hydrogen-bond acceptors (Lipinski definition) is 6. The Morgan fingerprint density at radius 3 is 2.67 bits per heavy atom. The molecular weight excluding hydrogens is 380 g/mol. The Hall–Kier alpha value is -4.18. The van der Waals surface area contributed by atoms with E-state index in [-0.39, 0.29) is 11.5 Å². The Bertz CT molecular complexity index is 1430. The zero-order valence-corrected chi connectivity index (χ0v) is 16.5. The van der Waals surface area contributed by atoms with E-state index in [1.807, 2.05) is 18.2 Å². The van der Waals surface area contributed by atoms with Gasteiger partial charge in [0.25, 0.3) is 5.56 Å². The zero-order valence-electron chi connectivity index (χ0n) is 16.5. The number of rotatable bonds is 4. The normalized spacial score (nSPS) is 11.6. The summed E-state index contributed by atoms with van der Waals surface area (Å²) < 4.78 is 6.45. The van der Waals surface area contributed by atoms with Gasteiger partial charge in [-0.25, -0.2) is 9.78 Å². The molecule has 2 heterocycles. The Morgan fingerprint density at radius 2 is 1.97 bits per heavy atom. The first-order valence-electron chi connectivity index (χ1n) is 9.43. The van der Waals surface area contributed by atoms with Gasteiger partial charge in [-0.05, 0) is 55.8 Å². The number of nitriles is 1. The largest absolute Gasteiger partial charge is 0.462 e. The van der Waals surface area contributed by atoms with E-state index in [0.717, 1.165) is 0 Å². The standard InChI is InChI=1S/C23H18N4O3/c1-3-30-23(29)15-8-10-16(11-9-15)25-13-18-14(2)17(12-24)21-26-19-6-4-5-7-20(19)27(21)22(18)28/h4-11,13,25H,3H2,1-2H3/b18-13+. The highest BCUT2D eigenvalue weighted by molar-refractivity contribution is 5.90. The van der Waals surface area contributed by atoms with Crippen molar-refractivity contribution in [2.75, 3.05) is 11.9 Å². The SMILES string of the molecule is CCOC(=O)c1ccc(N/C=c2\c(C)c(C#N)c3nc4ccccc4n3c2=O)cc1. The minimum atomic E-state index is -0.387. The number of pyridine rings is 1. The molecule has 7 nitrogen and oxygen atoms in total. The van der Waals surface area contributed by atoms with Crippen LogP contribution in [0.1, 0.15) is 28.4 Å². The number of ether oxygens (including phenoxy) is 1. The first-order chi connectivity index (χ1) is 14.5. The maximum absolute atomic E-state index is 13.2. The number of nitrogens with zero attached hydrogens (tertiary/aromatic N) is 3. The van der Waals surface area contributed by atoms with Gasteiger partial charge in [-0.15, -0.1) is 0 Å². The van der Waals surface area contributed by atoms with Crippen LogP contribution in [0.3, 0.4) is 0 Å². The molecule has 7 heteroatoms. The van der Waals surface area contributed by atoms with Crippen LogP contribution in [0, 0.1) is 18.3 Å². The van der Waals surface area contributed by atoms with Crippen molar-refractivity contribution in [3.05, 3.63) is 80.8 Å². The summed E-state index contributed by atoms with van der Waals surface area (Å²) in [6.07, 6.45) is 1.58. The highest BCUT2D eigenvalue weighted by Gasteiger charge is 2.15. The molecule has 0 radical (unpaired) electrons. The van der Waals surface area contributed by atoms with E-state index in [9.17, 15) is 14.9 Å². The van der Waals surface area contributed by atoms with E-state index in [1.54, 1.807) is 50.4 Å². The molecule has 0 fully saturated rings. The van der Waals surface area contributed by atoms with Crippen LogP contribution in [0.4, 0.5) is 5.69 Å². The predicted octanol–water partition coefficient (Wildman–Crippen LogP) is 2.77. The van der Waals surface area contributed by atoms with Gasteiger partial charge < -0.3 is 10.1 Å². The Morgan fingerprint density at radius 1 is 1.23 bits per heavy atom. The summed E-state index contributed by atoms with van der Waals surface area (Å²) in [6, 6.07) is 16.2. The smallest absolute Gasteiger partial charge is 0.338 e. The maximum Gasteiger partial charge on any atom is 0.338 e. The second kappa shape index (κ2) is 7.68. The average molecular weight is 398 g/mol. The Labute approximate surface area is 171 Å². The van der Waals surface area contributed by atoms with Gasteiger partial charge in [-0.1, -0.05) is 12.1 Å². The number of para-hydroxylation sites is 2. The second-order valence-corrected chi connectivity index (χ2v) is 6.68. The van der Waals surface area contributed by atoms with Crippen molar-refractivity contribution in [2.45, 2.75) is 13.8 Å². The number of aromatic nitrogens is 2. The van der Waals surface area contributed by atoms with Crippen LogP contribution in [0.2, 0.25) is 0 Å². The minimum Gasteiger partial charge on any atom is -0.462 e. The van der Waals surface area contributed by atoms with Gasteiger partial charge in [0.05, 0.1) is 34.0 Å². The number of fused-ring (bicyclic) bond motifs is 3. The van der Waals surface area contributed by atoms with Gasteiger partial charge >= 0.3 is 5.97 Å². The van der Waals surface area contributed by atoms with Crippen molar-refractivity contribution in [3.63, 3.8) is 0 Å². The van der Waals surface area contributed by atoms with E-state index >= 15 is 0 Å². The summed E-state index contributed by atoms with van der Waals surface area (Å²) in [5.74, 6) is -0.387. The second-order valence-electron chi connectivity index (χ2n) is 6.68. The van der Waals surface area contributed by atoms with E-state index < -0.39 is 0 Å². The lowest BCUT2D eigenvalue weighted by atomic mass is 10.1. The summed E-state index contributed by atoms with van der Waals surface area (Å²) in [4.78, 5) is 29.5. The Balaban J connectivity index is 1.82. The first kappa shape index (κ1) is 19.2. The van der Waals surface area contributed by atoms with Crippen LogP contribution in [0.5, 0.6) is 0 Å². The average Bonchev–Trinajstić information content (AvgIpc) is 3.14. The summed E-state index contributed by atoms with van der Waals surface area (Å²) in [5.41, 5.74) is 3.46. The zero-order chi connectivity index (χ0) is 21.3. The molecule has 2 aromatic heterocycles. The minimum absolute atomic E-state index is 0.258. The molecule has 0 unspecified atom stereocenters. The highest BCUT2D eigenvalue weighted by Crippen LogP contribution is 2.17. The molecule has 148 valence electrons. The molecule has 0 bridgehead atoms. The number of anilines is 1. The van der Waals surface area contributed by atoms with Crippen molar-refractivity contribution >= 4 is 34.5 Å². The van der Waals surface area contributed by atoms with Crippen molar-refractivity contribution < 1.29 is 9.53 Å². The van der Waals surface area contributed by atoms with Gasteiger partial charge in [-0.3, -0.25) is 9.20 Å². The third-order valence-electron chi connectivity index (χ3n) is 4.89. The summed E-state index contributed by atoms with van der Waals surface area (Å²) in [5, 5.41) is 13.1. The van der Waals surface area contributed by atoms with Crippen LogP contribution in [0.15, 0.2) is 53.3 Å². The lowest BCUT2D eigenvalue weighted by Gasteiger charge is -2.05. The molecule has 0 saturated carbocycles. The molecule has 0 spiro atoms. The van der Waals surface area contributed by atoms with Gasteiger partial charge in [0.15, 0.2) is 5.65 Å². The van der Waals surface area contributed by atoms with E-state index in [0.29, 0.717) is 50.9 Å². The molecular formula is C23H18N4O3. The van der Waals surface area contributed by atoms with E-state index in [4.69, 9.17) is 4.74 Å². The molecule has 2 aromatic carbocycles. The van der Waals surface area contributed by atoms with Gasteiger partial charge in [-0.2, -0.15) is 5.26 Å².